The van der Waals surface area contributed by atoms with Crippen LogP contribution in [0.25, 0.3) is 21.8 Å². The summed E-state index contributed by atoms with van der Waals surface area (Å²) in [6.45, 7) is 0. The first-order valence-corrected chi connectivity index (χ1v) is 13.6. The largest absolute Gasteiger partial charge is 0.361 e. The molecule has 0 saturated carbocycles. The molecule has 1 N–H and O–H groups in total. The van der Waals surface area contributed by atoms with Crippen molar-refractivity contribution in [2.75, 3.05) is 0 Å². The van der Waals surface area contributed by atoms with Gasteiger partial charge >= 0.3 is 0 Å². The maximum Gasteiger partial charge on any atom is 0.268 e. The van der Waals surface area contributed by atoms with Gasteiger partial charge in [0.05, 0.1) is 16.1 Å². The van der Waals surface area contributed by atoms with Gasteiger partial charge in [-0.15, -0.1) is 0 Å². The summed E-state index contributed by atoms with van der Waals surface area (Å²) in [6, 6.07) is 34.6. The molecule has 35 heavy (non-hydrogen) atoms. The second-order valence-electron chi connectivity index (χ2n) is 8.33. The van der Waals surface area contributed by atoms with Gasteiger partial charge in [-0.2, -0.15) is 0 Å². The topological polar surface area (TPSA) is 54.9 Å². The fourth-order valence-corrected chi connectivity index (χ4v) is 7.27. The lowest BCUT2D eigenvalue weighted by Crippen LogP contribution is -2.16. The van der Waals surface area contributed by atoms with Gasteiger partial charge < -0.3 is 4.98 Å². The van der Waals surface area contributed by atoms with E-state index >= 15 is 0 Å². The number of aromatic amines is 1. The third kappa shape index (κ3) is 3.85. The number of hydrogen-bond acceptors (Lipinski definition) is 3. The number of rotatable bonds is 6. The molecule has 0 atom stereocenters. The SMILES string of the molecule is O=S(=O)(c1ccccc1)n1c(Cc2c[nH]c3ccccc23)c(Sc2ccccc2)c2ccccc21. The standard InChI is InChI=1S/C29H22N2O2S2/c32-35(33,23-13-5-2-6-14-23)31-27-18-10-8-16-25(27)29(34-22-11-3-1-4-12-22)28(31)19-21-20-30-26-17-9-7-15-24(21)26/h1-18,20,30H,19H2. The van der Waals surface area contributed by atoms with Crippen LogP contribution in [0.2, 0.25) is 0 Å². The van der Waals surface area contributed by atoms with Crippen LogP contribution >= 0.6 is 11.8 Å². The quantitative estimate of drug-likeness (QED) is 0.269. The van der Waals surface area contributed by atoms with Gasteiger partial charge in [0, 0.05) is 38.7 Å². The van der Waals surface area contributed by atoms with Gasteiger partial charge in [0.2, 0.25) is 0 Å². The van der Waals surface area contributed by atoms with E-state index in [0.29, 0.717) is 11.9 Å². The van der Waals surface area contributed by atoms with E-state index in [1.165, 1.54) is 0 Å². The number of benzene rings is 4. The van der Waals surface area contributed by atoms with Crippen molar-refractivity contribution in [1.82, 2.24) is 8.96 Å². The minimum Gasteiger partial charge on any atom is -0.361 e. The predicted molar refractivity (Wildman–Crippen MR) is 143 cm³/mol. The highest BCUT2D eigenvalue weighted by atomic mass is 32.2. The summed E-state index contributed by atoms with van der Waals surface area (Å²) in [5.74, 6) is 0. The van der Waals surface area contributed by atoms with Crippen LogP contribution < -0.4 is 0 Å². The number of aromatic nitrogens is 2. The van der Waals surface area contributed by atoms with Crippen molar-refractivity contribution >= 4 is 43.6 Å². The Kier molecular flexibility index (Phi) is 5.47. The van der Waals surface area contributed by atoms with Crippen molar-refractivity contribution in [3.8, 4) is 0 Å². The number of para-hydroxylation sites is 2. The Labute approximate surface area is 208 Å². The van der Waals surface area contributed by atoms with Crippen LogP contribution in [0.1, 0.15) is 11.3 Å². The van der Waals surface area contributed by atoms with E-state index in [1.807, 2.05) is 72.9 Å². The molecule has 0 amide bonds. The summed E-state index contributed by atoms with van der Waals surface area (Å²) in [7, 11) is -3.83. The average Bonchev–Trinajstić information content (AvgIpc) is 3.45. The van der Waals surface area contributed by atoms with Crippen molar-refractivity contribution in [2.45, 2.75) is 21.1 Å². The third-order valence-corrected chi connectivity index (χ3v) is 9.09. The highest BCUT2D eigenvalue weighted by molar-refractivity contribution is 7.99. The van der Waals surface area contributed by atoms with Crippen LogP contribution in [-0.4, -0.2) is 17.4 Å². The lowest BCUT2D eigenvalue weighted by atomic mass is 10.1. The fraction of sp³-hybridized carbons (Fsp3) is 0.0345. The van der Waals surface area contributed by atoms with Crippen molar-refractivity contribution in [2.24, 2.45) is 0 Å². The lowest BCUT2D eigenvalue weighted by Gasteiger charge is -2.13. The molecule has 6 aromatic rings. The highest BCUT2D eigenvalue weighted by Gasteiger charge is 2.28. The first kappa shape index (κ1) is 21.8. The van der Waals surface area contributed by atoms with Crippen LogP contribution in [0.3, 0.4) is 0 Å². The first-order chi connectivity index (χ1) is 17.1. The summed E-state index contributed by atoms with van der Waals surface area (Å²) in [6.07, 6.45) is 2.46. The van der Waals surface area contributed by atoms with Gasteiger partial charge in [-0.1, -0.05) is 84.6 Å². The Balaban J connectivity index is 1.64. The molecule has 6 heteroatoms. The van der Waals surface area contributed by atoms with Crippen molar-refractivity contribution in [3.63, 3.8) is 0 Å². The van der Waals surface area contributed by atoms with Crippen LogP contribution in [0, 0.1) is 0 Å². The number of hydrogen-bond donors (Lipinski definition) is 1. The van der Waals surface area contributed by atoms with E-state index in [-0.39, 0.29) is 4.90 Å². The van der Waals surface area contributed by atoms with Gasteiger partial charge in [0.25, 0.3) is 10.0 Å². The zero-order chi connectivity index (χ0) is 23.8. The Morgan fingerprint density at radius 2 is 1.34 bits per heavy atom. The molecule has 0 aliphatic carbocycles. The molecule has 0 aliphatic rings. The number of fused-ring (bicyclic) bond motifs is 2. The maximum absolute atomic E-state index is 14.1. The predicted octanol–water partition coefficient (Wildman–Crippen LogP) is 7.10. The molecule has 0 saturated heterocycles. The average molecular weight is 495 g/mol. The summed E-state index contributed by atoms with van der Waals surface area (Å²) in [4.78, 5) is 5.63. The summed E-state index contributed by atoms with van der Waals surface area (Å²) in [5, 5.41) is 2.02. The van der Waals surface area contributed by atoms with Gasteiger partial charge in [0.15, 0.2) is 0 Å². The highest BCUT2D eigenvalue weighted by Crippen LogP contribution is 2.41. The van der Waals surface area contributed by atoms with Crippen molar-refractivity contribution in [1.29, 1.82) is 0 Å². The second-order valence-corrected chi connectivity index (χ2v) is 11.2. The molecule has 0 spiro atoms. The van der Waals surface area contributed by atoms with E-state index in [1.54, 1.807) is 40.0 Å². The molecule has 4 nitrogen and oxygen atoms in total. The van der Waals surface area contributed by atoms with E-state index in [9.17, 15) is 8.42 Å². The fourth-order valence-electron chi connectivity index (χ4n) is 4.54. The molecular weight excluding hydrogens is 472 g/mol. The number of nitrogens with one attached hydrogen (secondary N) is 1. The minimum absolute atomic E-state index is 0.275. The maximum atomic E-state index is 14.1. The minimum atomic E-state index is -3.83. The lowest BCUT2D eigenvalue weighted by molar-refractivity contribution is 0.587. The molecule has 172 valence electrons. The van der Waals surface area contributed by atoms with E-state index in [0.717, 1.165) is 37.3 Å². The molecule has 4 aromatic carbocycles. The smallest absolute Gasteiger partial charge is 0.268 e. The van der Waals surface area contributed by atoms with E-state index in [2.05, 4.69) is 23.2 Å². The molecule has 0 radical (unpaired) electrons. The van der Waals surface area contributed by atoms with Crippen molar-refractivity contribution in [3.05, 3.63) is 127 Å². The van der Waals surface area contributed by atoms with Gasteiger partial charge in [-0.05, 0) is 42.0 Å². The molecule has 0 fully saturated rings. The Bertz CT molecular complexity index is 1750. The molecular formula is C29H22N2O2S2. The van der Waals surface area contributed by atoms with E-state index < -0.39 is 10.0 Å². The summed E-state index contributed by atoms with van der Waals surface area (Å²) >= 11 is 1.61. The second kappa shape index (κ2) is 8.80. The molecule has 2 heterocycles. The number of nitrogens with zero attached hydrogens (tertiary/aromatic N) is 1. The molecule has 6 rings (SSSR count). The van der Waals surface area contributed by atoms with Crippen molar-refractivity contribution < 1.29 is 8.42 Å². The Morgan fingerprint density at radius 1 is 0.714 bits per heavy atom. The molecule has 0 aliphatic heterocycles. The Morgan fingerprint density at radius 3 is 2.11 bits per heavy atom. The summed E-state index contributed by atoms with van der Waals surface area (Å²) < 4.78 is 29.7. The van der Waals surface area contributed by atoms with Gasteiger partial charge in [-0.3, -0.25) is 0 Å². The van der Waals surface area contributed by atoms with Crippen LogP contribution in [0.15, 0.2) is 130 Å². The van der Waals surface area contributed by atoms with Crippen LogP contribution in [-0.2, 0) is 16.4 Å². The van der Waals surface area contributed by atoms with Gasteiger partial charge in [-0.25, -0.2) is 12.4 Å². The Hall–Kier alpha value is -3.74. The molecule has 0 unspecified atom stereocenters. The monoisotopic (exact) mass is 494 g/mol. The zero-order valence-electron chi connectivity index (χ0n) is 18.8. The zero-order valence-corrected chi connectivity index (χ0v) is 20.4. The third-order valence-electron chi connectivity index (χ3n) is 6.15. The first-order valence-electron chi connectivity index (χ1n) is 11.3. The number of H-pyrrole nitrogens is 1. The summed E-state index contributed by atoms with van der Waals surface area (Å²) in [5.41, 5.74) is 3.54. The molecule has 0 bridgehead atoms. The van der Waals surface area contributed by atoms with Crippen LogP contribution in [0.5, 0.6) is 0 Å². The van der Waals surface area contributed by atoms with E-state index in [4.69, 9.17) is 0 Å². The van der Waals surface area contributed by atoms with Gasteiger partial charge in [0.1, 0.15) is 0 Å². The van der Waals surface area contributed by atoms with Crippen LogP contribution in [0.4, 0.5) is 0 Å². The normalized spacial score (nSPS) is 11.9. The molecule has 2 aromatic heterocycles.